The second-order valence-electron chi connectivity index (χ2n) is 10.7. The van der Waals surface area contributed by atoms with Crippen LogP contribution in [0.5, 0.6) is 5.75 Å². The minimum absolute atomic E-state index is 0.0149. The van der Waals surface area contributed by atoms with E-state index in [-0.39, 0.29) is 36.7 Å². The van der Waals surface area contributed by atoms with Crippen molar-refractivity contribution in [2.45, 2.75) is 56.5 Å². The highest BCUT2D eigenvalue weighted by Crippen LogP contribution is 2.38. The van der Waals surface area contributed by atoms with Crippen molar-refractivity contribution in [3.63, 3.8) is 0 Å². The molecule has 0 bridgehead atoms. The van der Waals surface area contributed by atoms with Gasteiger partial charge in [-0.2, -0.15) is 22.0 Å². The summed E-state index contributed by atoms with van der Waals surface area (Å²) in [5.74, 6) is -5.52. The van der Waals surface area contributed by atoms with Gasteiger partial charge in [-0.05, 0) is 81.4 Å². The van der Waals surface area contributed by atoms with Crippen molar-refractivity contribution < 1.29 is 41.0 Å². The van der Waals surface area contributed by atoms with Crippen LogP contribution in [0.4, 0.5) is 26.3 Å². The van der Waals surface area contributed by atoms with Crippen molar-refractivity contribution in [1.29, 1.82) is 0 Å². The molecule has 4 rings (SSSR count). The third-order valence-electron chi connectivity index (χ3n) is 7.86. The molecule has 1 amide bonds. The molecule has 40 heavy (non-hydrogen) atoms. The lowest BCUT2D eigenvalue weighted by molar-refractivity contribution is -0.287. The Labute approximate surface area is 227 Å². The van der Waals surface area contributed by atoms with Crippen LogP contribution in [0, 0.1) is 11.7 Å². The molecule has 2 atom stereocenters. The van der Waals surface area contributed by atoms with Crippen LogP contribution >= 0.6 is 0 Å². The summed E-state index contributed by atoms with van der Waals surface area (Å²) in [6, 6.07) is 7.42. The Morgan fingerprint density at radius 2 is 1.88 bits per heavy atom. The Hall–Kier alpha value is -2.90. The Balaban J connectivity index is 1.31. The number of nitrogens with zero attached hydrogens (tertiary/aromatic N) is 3. The molecule has 0 radical (unpaired) electrons. The number of aromatic nitrogens is 1. The van der Waals surface area contributed by atoms with Gasteiger partial charge < -0.3 is 15.6 Å². The first-order chi connectivity index (χ1) is 18.7. The number of pyridine rings is 1. The summed E-state index contributed by atoms with van der Waals surface area (Å²) in [5, 5.41) is 10.8. The van der Waals surface area contributed by atoms with Gasteiger partial charge in [0.05, 0.1) is 30.6 Å². The third kappa shape index (κ3) is 6.36. The number of benzene rings is 1. The fourth-order valence-corrected chi connectivity index (χ4v) is 5.24. The molecule has 2 aliphatic heterocycles. The topological polar surface area (TPSA) is 91.9 Å². The largest absolute Gasteiger partial charge is 0.492 e. The molecule has 3 N–H and O–H groups in total. The molecule has 220 valence electrons. The fraction of sp³-hybridized carbons (Fsp3) is 0.556. The molecule has 1 aromatic heterocycles. The van der Waals surface area contributed by atoms with E-state index in [0.717, 1.165) is 4.90 Å². The maximum atomic E-state index is 15.0. The Morgan fingerprint density at radius 3 is 2.45 bits per heavy atom. The van der Waals surface area contributed by atoms with Crippen molar-refractivity contribution in [1.82, 2.24) is 14.8 Å². The summed E-state index contributed by atoms with van der Waals surface area (Å²) in [4.78, 5) is 18.9. The van der Waals surface area contributed by atoms with Crippen molar-refractivity contribution in [2.24, 2.45) is 11.7 Å². The number of aliphatic hydroxyl groups excluding tert-OH is 1. The predicted octanol–water partition coefficient (Wildman–Crippen LogP) is 4.51. The quantitative estimate of drug-likeness (QED) is 0.429. The van der Waals surface area contributed by atoms with Gasteiger partial charge in [-0.3, -0.25) is 19.6 Å². The number of amides is 1. The number of piperidine rings is 1. The monoisotopic (exact) mass is 574 g/mol. The number of aliphatic hydroxyl groups is 1. The van der Waals surface area contributed by atoms with Gasteiger partial charge in [0.25, 0.3) is 0 Å². The van der Waals surface area contributed by atoms with Gasteiger partial charge in [0.15, 0.2) is 0 Å². The molecule has 2 aromatic rings. The summed E-state index contributed by atoms with van der Waals surface area (Å²) >= 11 is 0. The maximum absolute atomic E-state index is 15.0. The van der Waals surface area contributed by atoms with Crippen molar-refractivity contribution >= 4 is 5.91 Å². The molecule has 1 aromatic carbocycles. The number of primary amides is 1. The number of likely N-dealkylation sites (tertiary alicyclic amines) is 2. The molecular weight excluding hydrogens is 542 g/mol. The highest BCUT2D eigenvalue weighted by Gasteiger charge is 2.58. The number of hydrogen-bond acceptors (Lipinski definition) is 6. The Morgan fingerprint density at radius 1 is 1.18 bits per heavy atom. The summed E-state index contributed by atoms with van der Waals surface area (Å²) in [5.41, 5.74) is 5.32. The second-order valence-corrected chi connectivity index (χ2v) is 10.7. The predicted molar refractivity (Wildman–Crippen MR) is 134 cm³/mol. The first kappa shape index (κ1) is 30.1. The van der Waals surface area contributed by atoms with Crippen molar-refractivity contribution in [2.75, 3.05) is 32.8 Å². The molecule has 7 nitrogen and oxygen atoms in total. The average Bonchev–Trinajstić information content (AvgIpc) is 3.30. The number of hydrogen-bond donors (Lipinski definition) is 2. The zero-order valence-corrected chi connectivity index (χ0v) is 21.9. The van der Waals surface area contributed by atoms with Crippen LogP contribution < -0.4 is 10.5 Å². The number of carbonyl (C=O) groups excluding carboxylic acids is 1. The standard InChI is InChI=1S/C27H32F6N4O3/c1-25(24(34)39)9-2-10-37(25)23(38)18-3-5-20(21(28)13-18)22-6-4-19(14-35-22)40-15-17-7-11-36(12-8-17)16-26(29,30)27(31,32)33/h3-6,13-14,17,23,38H,2,7-12,15-16H2,1H3,(H2,34,39)/t23?,25-/m0/s1. The van der Waals surface area contributed by atoms with E-state index >= 15 is 4.39 Å². The molecular formula is C27H32F6N4O3. The van der Waals surface area contributed by atoms with E-state index in [1.54, 1.807) is 30.0 Å². The van der Waals surface area contributed by atoms with Crippen LogP contribution in [0.15, 0.2) is 36.5 Å². The Bertz CT molecular complexity index is 1190. The smallest absolute Gasteiger partial charge is 0.454 e. The minimum atomic E-state index is -5.57. The van der Waals surface area contributed by atoms with Crippen LogP contribution in [-0.2, 0) is 4.79 Å². The van der Waals surface area contributed by atoms with E-state index in [1.165, 1.54) is 18.3 Å². The van der Waals surface area contributed by atoms with E-state index in [1.807, 2.05) is 0 Å². The number of rotatable bonds is 9. The zero-order valence-electron chi connectivity index (χ0n) is 21.9. The summed E-state index contributed by atoms with van der Waals surface area (Å²) in [6.07, 6.45) is -3.36. The molecule has 0 aliphatic carbocycles. The van der Waals surface area contributed by atoms with Crippen molar-refractivity contribution in [3.8, 4) is 17.0 Å². The number of alkyl halides is 5. The first-order valence-corrected chi connectivity index (χ1v) is 13.0. The van der Waals surface area contributed by atoms with E-state index in [2.05, 4.69) is 4.98 Å². The van der Waals surface area contributed by atoms with E-state index in [0.29, 0.717) is 43.7 Å². The normalized spacial score (nSPS) is 22.4. The number of nitrogens with two attached hydrogens (primary N) is 1. The number of halogens is 6. The fourth-order valence-electron chi connectivity index (χ4n) is 5.24. The lowest BCUT2D eigenvalue weighted by atomic mass is 9.97. The molecule has 2 fully saturated rings. The van der Waals surface area contributed by atoms with E-state index < -0.39 is 42.1 Å². The van der Waals surface area contributed by atoms with Gasteiger partial charge in [0.2, 0.25) is 5.91 Å². The molecule has 2 aliphatic rings. The van der Waals surface area contributed by atoms with Crippen LogP contribution in [0.2, 0.25) is 0 Å². The molecule has 3 heterocycles. The molecule has 0 spiro atoms. The van der Waals surface area contributed by atoms with Gasteiger partial charge >= 0.3 is 12.1 Å². The number of carbonyl (C=O) groups is 1. The van der Waals surface area contributed by atoms with E-state index in [9.17, 15) is 31.9 Å². The summed E-state index contributed by atoms with van der Waals surface area (Å²) in [7, 11) is 0. The van der Waals surface area contributed by atoms with Gasteiger partial charge in [0.1, 0.15) is 17.8 Å². The lowest BCUT2D eigenvalue weighted by Gasteiger charge is -2.36. The highest BCUT2D eigenvalue weighted by atomic mass is 19.4. The van der Waals surface area contributed by atoms with Crippen LogP contribution in [0.25, 0.3) is 11.3 Å². The highest BCUT2D eigenvalue weighted by molar-refractivity contribution is 5.84. The molecule has 13 heteroatoms. The van der Waals surface area contributed by atoms with Crippen molar-refractivity contribution in [3.05, 3.63) is 47.9 Å². The maximum Gasteiger partial charge on any atom is 0.454 e. The molecule has 0 saturated carbocycles. The SMILES string of the molecule is C[C@@]1(C(N)=O)CCCN1C(O)c1ccc(-c2ccc(OCC3CCN(CC(F)(F)C(F)(F)F)CC3)cn2)c(F)c1. The summed E-state index contributed by atoms with van der Waals surface area (Å²) in [6.45, 7) is 1.22. The van der Waals surface area contributed by atoms with Gasteiger partial charge in [-0.1, -0.05) is 6.07 Å². The lowest BCUT2D eigenvalue weighted by Crippen LogP contribution is -2.52. The summed E-state index contributed by atoms with van der Waals surface area (Å²) < 4.78 is 84.6. The molecule has 1 unspecified atom stereocenters. The van der Waals surface area contributed by atoms with Gasteiger partial charge in [0, 0.05) is 12.1 Å². The third-order valence-corrected chi connectivity index (χ3v) is 7.86. The minimum Gasteiger partial charge on any atom is -0.492 e. The van der Waals surface area contributed by atoms with Gasteiger partial charge in [-0.15, -0.1) is 0 Å². The average molecular weight is 575 g/mol. The van der Waals surface area contributed by atoms with Crippen LogP contribution in [0.3, 0.4) is 0 Å². The number of ether oxygens (including phenoxy) is 1. The van der Waals surface area contributed by atoms with E-state index in [4.69, 9.17) is 10.5 Å². The Kier molecular flexibility index (Phi) is 8.67. The zero-order chi connectivity index (χ0) is 29.3. The first-order valence-electron chi connectivity index (χ1n) is 13.0. The van der Waals surface area contributed by atoms with Gasteiger partial charge in [-0.25, -0.2) is 4.39 Å². The second kappa shape index (κ2) is 11.5. The van der Waals surface area contributed by atoms with Crippen LogP contribution in [-0.4, -0.2) is 76.2 Å². The van der Waals surface area contributed by atoms with Crippen LogP contribution in [0.1, 0.15) is 44.4 Å². The molecule has 2 saturated heterocycles.